The fourth-order valence-electron chi connectivity index (χ4n) is 1.32. The third kappa shape index (κ3) is 5.93. The van der Waals surface area contributed by atoms with Crippen LogP contribution in [-0.4, -0.2) is 42.9 Å². The Labute approximate surface area is 111 Å². The van der Waals surface area contributed by atoms with Gasteiger partial charge in [0.15, 0.2) is 0 Å². The lowest BCUT2D eigenvalue weighted by Gasteiger charge is -2.06. The summed E-state index contributed by atoms with van der Waals surface area (Å²) in [6.07, 6.45) is 1.05. The molecule has 0 saturated carbocycles. The fourth-order valence-corrected chi connectivity index (χ4v) is 2.05. The van der Waals surface area contributed by atoms with E-state index in [1.165, 1.54) is 0 Å². The van der Waals surface area contributed by atoms with E-state index in [9.17, 15) is 4.79 Å². The summed E-state index contributed by atoms with van der Waals surface area (Å²) >= 11 is 1.82. The van der Waals surface area contributed by atoms with Gasteiger partial charge in [-0.25, -0.2) is 4.79 Å². The standard InChI is InChI=1S/C13H18O4S/c1-16-7-2-9-18-10-8-17-12-5-3-11(4-6-12)13(14)15/h3-6H,2,7-10H2,1H3,(H,14,15). The molecule has 1 aromatic carbocycles. The van der Waals surface area contributed by atoms with E-state index in [2.05, 4.69) is 0 Å². The van der Waals surface area contributed by atoms with Crippen molar-refractivity contribution >= 4 is 17.7 Å². The van der Waals surface area contributed by atoms with Crippen LogP contribution in [0.4, 0.5) is 0 Å². The Balaban J connectivity index is 2.14. The highest BCUT2D eigenvalue weighted by molar-refractivity contribution is 7.99. The van der Waals surface area contributed by atoms with Gasteiger partial charge in [-0.2, -0.15) is 11.8 Å². The maximum atomic E-state index is 10.6. The van der Waals surface area contributed by atoms with Crippen molar-refractivity contribution in [1.82, 2.24) is 0 Å². The second kappa shape index (κ2) is 8.83. The van der Waals surface area contributed by atoms with Gasteiger partial charge in [0.1, 0.15) is 5.75 Å². The van der Waals surface area contributed by atoms with Crippen LogP contribution in [-0.2, 0) is 4.74 Å². The number of ether oxygens (including phenoxy) is 2. The quantitative estimate of drug-likeness (QED) is 0.699. The highest BCUT2D eigenvalue weighted by atomic mass is 32.2. The molecule has 0 aromatic heterocycles. The molecule has 0 spiro atoms. The lowest BCUT2D eigenvalue weighted by Crippen LogP contribution is -2.02. The third-order valence-corrected chi connectivity index (χ3v) is 3.27. The average molecular weight is 270 g/mol. The van der Waals surface area contributed by atoms with Crippen LogP contribution < -0.4 is 4.74 Å². The number of methoxy groups -OCH3 is 1. The predicted molar refractivity (Wildman–Crippen MR) is 72.7 cm³/mol. The number of hydrogen-bond acceptors (Lipinski definition) is 4. The summed E-state index contributed by atoms with van der Waals surface area (Å²) in [4.78, 5) is 10.6. The zero-order chi connectivity index (χ0) is 13.2. The van der Waals surface area contributed by atoms with E-state index in [0.717, 1.165) is 24.5 Å². The van der Waals surface area contributed by atoms with Crippen molar-refractivity contribution in [2.75, 3.05) is 31.8 Å². The summed E-state index contributed by atoms with van der Waals surface area (Å²) in [7, 11) is 1.70. The van der Waals surface area contributed by atoms with E-state index in [0.29, 0.717) is 12.4 Å². The molecule has 0 heterocycles. The van der Waals surface area contributed by atoms with E-state index in [4.69, 9.17) is 14.6 Å². The molecule has 1 N–H and O–H groups in total. The van der Waals surface area contributed by atoms with Gasteiger partial charge >= 0.3 is 5.97 Å². The van der Waals surface area contributed by atoms with Crippen molar-refractivity contribution in [3.8, 4) is 5.75 Å². The summed E-state index contributed by atoms with van der Waals surface area (Å²) in [5.74, 6) is 1.77. The van der Waals surface area contributed by atoms with E-state index in [1.54, 1.807) is 31.4 Å². The molecule has 0 unspecified atom stereocenters. The van der Waals surface area contributed by atoms with E-state index < -0.39 is 5.97 Å². The van der Waals surface area contributed by atoms with Crippen LogP contribution in [0.15, 0.2) is 24.3 Å². The smallest absolute Gasteiger partial charge is 0.335 e. The Morgan fingerprint density at radius 3 is 2.56 bits per heavy atom. The Morgan fingerprint density at radius 1 is 1.22 bits per heavy atom. The first-order valence-electron chi connectivity index (χ1n) is 5.77. The number of benzene rings is 1. The molecule has 0 radical (unpaired) electrons. The molecular weight excluding hydrogens is 252 g/mol. The van der Waals surface area contributed by atoms with E-state index in [-0.39, 0.29) is 5.56 Å². The molecule has 0 aliphatic carbocycles. The van der Waals surface area contributed by atoms with Gasteiger partial charge < -0.3 is 14.6 Å². The normalized spacial score (nSPS) is 10.3. The monoisotopic (exact) mass is 270 g/mol. The minimum absolute atomic E-state index is 0.274. The summed E-state index contributed by atoms with van der Waals surface area (Å²) in [6.45, 7) is 1.43. The van der Waals surface area contributed by atoms with Crippen molar-refractivity contribution in [3.05, 3.63) is 29.8 Å². The van der Waals surface area contributed by atoms with Gasteiger partial charge in [-0.3, -0.25) is 0 Å². The van der Waals surface area contributed by atoms with Gasteiger partial charge in [0.25, 0.3) is 0 Å². The largest absolute Gasteiger partial charge is 0.493 e. The average Bonchev–Trinajstić information content (AvgIpc) is 2.38. The van der Waals surface area contributed by atoms with Crippen LogP contribution in [0.3, 0.4) is 0 Å². The lowest BCUT2D eigenvalue weighted by molar-refractivity contribution is 0.0697. The zero-order valence-corrected chi connectivity index (χ0v) is 11.2. The maximum absolute atomic E-state index is 10.6. The summed E-state index contributed by atoms with van der Waals surface area (Å²) in [5.41, 5.74) is 0.274. The van der Waals surface area contributed by atoms with E-state index >= 15 is 0 Å². The number of rotatable bonds is 9. The number of carboxylic acid groups (broad SMARTS) is 1. The van der Waals surface area contributed by atoms with Crippen LogP contribution in [0.5, 0.6) is 5.75 Å². The van der Waals surface area contributed by atoms with Crippen LogP contribution in [0.25, 0.3) is 0 Å². The van der Waals surface area contributed by atoms with Gasteiger partial charge in [-0.15, -0.1) is 0 Å². The Morgan fingerprint density at radius 2 is 1.94 bits per heavy atom. The Hall–Kier alpha value is -1.20. The number of thioether (sulfide) groups is 1. The molecule has 5 heteroatoms. The number of carboxylic acids is 1. The Kier molecular flexibility index (Phi) is 7.29. The summed E-state index contributed by atoms with van der Waals surface area (Å²) < 4.78 is 10.5. The number of carbonyl (C=O) groups is 1. The highest BCUT2D eigenvalue weighted by Crippen LogP contribution is 2.13. The fraction of sp³-hybridized carbons (Fsp3) is 0.462. The predicted octanol–water partition coefficient (Wildman–Crippen LogP) is 2.53. The molecular formula is C13H18O4S. The zero-order valence-electron chi connectivity index (χ0n) is 10.4. The molecule has 1 rings (SSSR count). The van der Waals surface area contributed by atoms with Crippen molar-refractivity contribution in [3.63, 3.8) is 0 Å². The summed E-state index contributed by atoms with van der Waals surface area (Å²) in [5, 5.41) is 8.74. The molecule has 0 bridgehead atoms. The van der Waals surface area contributed by atoms with Crippen LogP contribution in [0.2, 0.25) is 0 Å². The van der Waals surface area contributed by atoms with Crippen molar-refractivity contribution in [2.24, 2.45) is 0 Å². The van der Waals surface area contributed by atoms with Gasteiger partial charge in [-0.1, -0.05) is 0 Å². The molecule has 0 amide bonds. The highest BCUT2D eigenvalue weighted by Gasteiger charge is 2.01. The second-order valence-electron chi connectivity index (χ2n) is 3.64. The minimum Gasteiger partial charge on any atom is -0.493 e. The SMILES string of the molecule is COCCCSCCOc1ccc(C(=O)O)cc1. The third-order valence-electron chi connectivity index (χ3n) is 2.23. The van der Waals surface area contributed by atoms with Crippen LogP contribution >= 0.6 is 11.8 Å². The number of hydrogen-bond donors (Lipinski definition) is 1. The van der Waals surface area contributed by atoms with Gasteiger partial charge in [0.2, 0.25) is 0 Å². The molecule has 0 aliphatic heterocycles. The molecule has 0 fully saturated rings. The molecule has 0 saturated heterocycles. The van der Waals surface area contributed by atoms with Crippen molar-refractivity contribution < 1.29 is 19.4 Å². The molecule has 1 aromatic rings. The van der Waals surface area contributed by atoms with E-state index in [1.807, 2.05) is 11.8 Å². The van der Waals surface area contributed by atoms with Crippen molar-refractivity contribution in [1.29, 1.82) is 0 Å². The van der Waals surface area contributed by atoms with Gasteiger partial charge in [-0.05, 0) is 36.4 Å². The molecule has 18 heavy (non-hydrogen) atoms. The second-order valence-corrected chi connectivity index (χ2v) is 4.86. The van der Waals surface area contributed by atoms with Gasteiger partial charge in [0.05, 0.1) is 12.2 Å². The topological polar surface area (TPSA) is 55.8 Å². The first-order valence-corrected chi connectivity index (χ1v) is 6.92. The molecule has 100 valence electrons. The van der Waals surface area contributed by atoms with Gasteiger partial charge in [0, 0.05) is 19.5 Å². The molecule has 0 aliphatic rings. The van der Waals surface area contributed by atoms with Crippen LogP contribution in [0.1, 0.15) is 16.8 Å². The summed E-state index contributed by atoms with van der Waals surface area (Å²) in [6, 6.07) is 6.45. The van der Waals surface area contributed by atoms with Crippen LogP contribution in [0, 0.1) is 0 Å². The molecule has 0 atom stereocenters. The molecule has 4 nitrogen and oxygen atoms in total. The maximum Gasteiger partial charge on any atom is 0.335 e. The lowest BCUT2D eigenvalue weighted by atomic mass is 10.2. The Bertz CT molecular complexity index is 351. The number of aromatic carboxylic acids is 1. The first-order chi connectivity index (χ1) is 8.74. The minimum atomic E-state index is -0.921. The first kappa shape index (κ1) is 14.9. The van der Waals surface area contributed by atoms with Crippen molar-refractivity contribution in [2.45, 2.75) is 6.42 Å².